The number of nitrogens with one attached hydrogen (secondary N) is 3. The highest BCUT2D eigenvalue weighted by Gasteiger charge is 2.24. The molecule has 1 fully saturated rings. The third kappa shape index (κ3) is 5.13. The molecule has 0 aromatic heterocycles. The van der Waals surface area contributed by atoms with E-state index in [4.69, 9.17) is 4.74 Å². The van der Waals surface area contributed by atoms with Crippen molar-refractivity contribution in [2.75, 3.05) is 51.3 Å². The molecule has 0 radical (unpaired) electrons. The van der Waals surface area contributed by atoms with E-state index in [9.17, 15) is 9.59 Å². The first-order chi connectivity index (χ1) is 11.6. The zero-order chi connectivity index (χ0) is 17.4. The maximum absolute atomic E-state index is 11.9. The number of carbonyl (C=O) groups excluding carboxylic acids is 2. The number of hydrogen-bond donors (Lipinski definition) is 3. The van der Waals surface area contributed by atoms with E-state index in [1.165, 1.54) is 4.90 Å². The molecule has 132 valence electrons. The van der Waals surface area contributed by atoms with Gasteiger partial charge in [0, 0.05) is 6.54 Å². The van der Waals surface area contributed by atoms with Crippen LogP contribution >= 0.6 is 0 Å². The molecule has 7 nitrogen and oxygen atoms in total. The van der Waals surface area contributed by atoms with Crippen molar-refractivity contribution in [2.45, 2.75) is 13.3 Å². The van der Waals surface area contributed by atoms with Gasteiger partial charge in [-0.25, -0.2) is 4.79 Å². The number of amides is 3. The van der Waals surface area contributed by atoms with Crippen LogP contribution in [-0.2, 0) is 4.79 Å². The molecule has 0 spiro atoms. The van der Waals surface area contributed by atoms with Crippen LogP contribution in [0.1, 0.15) is 13.3 Å². The molecule has 1 saturated heterocycles. The molecule has 2 rings (SSSR count). The molecule has 0 unspecified atom stereocenters. The van der Waals surface area contributed by atoms with Gasteiger partial charge in [-0.05, 0) is 18.6 Å². The molecule has 1 aromatic rings. The summed E-state index contributed by atoms with van der Waals surface area (Å²) in [6.45, 7) is 6.26. The lowest BCUT2D eigenvalue weighted by atomic mass is 10.2. The Bertz CT molecular complexity index is 557. The maximum Gasteiger partial charge on any atom is 0.321 e. The minimum atomic E-state index is -0.408. The van der Waals surface area contributed by atoms with Crippen LogP contribution in [0, 0.1) is 0 Å². The molecule has 1 heterocycles. The van der Waals surface area contributed by atoms with E-state index in [1.54, 1.807) is 7.11 Å². The standard InChI is InChI=1S/C17H26N4O3/c1-3-8-18-17(23)19-16(22)13-20-9-11-21(12-10-20)14-6-4-5-7-15(14)24-2/h4-7H,3,8-13H2,1-2H3,(H2,18,19,22,23)/p+1. The molecule has 7 heteroatoms. The van der Waals surface area contributed by atoms with E-state index >= 15 is 0 Å². The number of imide groups is 1. The smallest absolute Gasteiger partial charge is 0.321 e. The Morgan fingerprint density at radius 3 is 2.62 bits per heavy atom. The van der Waals surface area contributed by atoms with E-state index in [0.29, 0.717) is 13.1 Å². The Kier molecular flexibility index (Phi) is 6.87. The summed E-state index contributed by atoms with van der Waals surface area (Å²) in [5, 5.41) is 5.02. The number of urea groups is 1. The zero-order valence-electron chi connectivity index (χ0n) is 14.4. The van der Waals surface area contributed by atoms with Gasteiger partial charge in [0.25, 0.3) is 5.91 Å². The molecule has 3 N–H and O–H groups in total. The first-order valence-electron chi connectivity index (χ1n) is 8.43. The highest BCUT2D eigenvalue weighted by atomic mass is 16.5. The van der Waals surface area contributed by atoms with E-state index in [0.717, 1.165) is 44.0 Å². The fourth-order valence-corrected chi connectivity index (χ4v) is 2.81. The molecule has 0 bridgehead atoms. The van der Waals surface area contributed by atoms with Gasteiger partial charge >= 0.3 is 6.03 Å². The number of para-hydroxylation sites is 2. The second kappa shape index (κ2) is 9.12. The van der Waals surface area contributed by atoms with Crippen LogP contribution < -0.4 is 25.2 Å². The summed E-state index contributed by atoms with van der Waals surface area (Å²) in [6.07, 6.45) is 0.845. The van der Waals surface area contributed by atoms with Gasteiger partial charge in [-0.1, -0.05) is 19.1 Å². The van der Waals surface area contributed by atoms with E-state index in [1.807, 2.05) is 25.1 Å². The topological polar surface area (TPSA) is 75.1 Å². The van der Waals surface area contributed by atoms with E-state index < -0.39 is 6.03 Å². The van der Waals surface area contributed by atoms with Crippen LogP contribution in [0.25, 0.3) is 0 Å². The van der Waals surface area contributed by atoms with Crippen molar-refractivity contribution in [3.05, 3.63) is 24.3 Å². The van der Waals surface area contributed by atoms with Crippen LogP contribution in [0.15, 0.2) is 24.3 Å². The summed E-state index contributed by atoms with van der Waals surface area (Å²) in [5.74, 6) is 0.635. The SMILES string of the molecule is CCCNC(=O)NC(=O)C[NH+]1CCN(c2ccccc2OC)CC1. The number of ether oxygens (including phenoxy) is 1. The fraction of sp³-hybridized carbons (Fsp3) is 0.529. The Hall–Kier alpha value is -2.28. The predicted molar refractivity (Wildman–Crippen MR) is 92.6 cm³/mol. The molecule has 3 amide bonds. The van der Waals surface area contributed by atoms with Crippen molar-refractivity contribution in [3.63, 3.8) is 0 Å². The Labute approximate surface area is 142 Å². The Morgan fingerprint density at radius 1 is 1.25 bits per heavy atom. The van der Waals surface area contributed by atoms with Gasteiger partial charge in [-0.15, -0.1) is 0 Å². The normalized spacial score (nSPS) is 15.0. The summed E-state index contributed by atoms with van der Waals surface area (Å²) in [7, 11) is 1.67. The second-order valence-electron chi connectivity index (χ2n) is 5.89. The number of rotatable bonds is 6. The molecule has 0 aliphatic carbocycles. The maximum atomic E-state index is 11.9. The molecule has 24 heavy (non-hydrogen) atoms. The number of methoxy groups -OCH3 is 1. The minimum absolute atomic E-state index is 0.232. The number of carbonyl (C=O) groups is 2. The third-order valence-corrected chi connectivity index (χ3v) is 4.10. The average Bonchev–Trinajstić information content (AvgIpc) is 2.60. The quantitative estimate of drug-likeness (QED) is 0.663. The molecular formula is C17H27N4O3+. The Morgan fingerprint density at radius 2 is 1.96 bits per heavy atom. The lowest BCUT2D eigenvalue weighted by Crippen LogP contribution is -3.16. The van der Waals surface area contributed by atoms with E-state index in [-0.39, 0.29) is 5.91 Å². The average molecular weight is 335 g/mol. The number of anilines is 1. The zero-order valence-corrected chi connectivity index (χ0v) is 14.4. The van der Waals surface area contributed by atoms with Crippen LogP contribution in [-0.4, -0.2) is 58.3 Å². The van der Waals surface area contributed by atoms with Gasteiger partial charge < -0.3 is 19.9 Å². The van der Waals surface area contributed by atoms with Crippen molar-refractivity contribution in [2.24, 2.45) is 0 Å². The molecule has 1 aliphatic rings. The summed E-state index contributed by atoms with van der Waals surface area (Å²) >= 11 is 0. The van der Waals surface area contributed by atoms with Gasteiger partial charge in [0.2, 0.25) is 0 Å². The molecular weight excluding hydrogens is 308 g/mol. The third-order valence-electron chi connectivity index (χ3n) is 4.10. The first kappa shape index (κ1) is 18.1. The summed E-state index contributed by atoms with van der Waals surface area (Å²) in [4.78, 5) is 26.9. The Balaban J connectivity index is 1.78. The van der Waals surface area contributed by atoms with Gasteiger partial charge in [0.15, 0.2) is 6.54 Å². The summed E-state index contributed by atoms with van der Waals surface area (Å²) < 4.78 is 5.41. The summed E-state index contributed by atoms with van der Waals surface area (Å²) in [5.41, 5.74) is 1.09. The van der Waals surface area contributed by atoms with Crippen LogP contribution in [0.3, 0.4) is 0 Å². The van der Waals surface area contributed by atoms with Gasteiger partial charge in [-0.3, -0.25) is 10.1 Å². The largest absolute Gasteiger partial charge is 0.495 e. The van der Waals surface area contributed by atoms with Crippen molar-refractivity contribution in [1.82, 2.24) is 10.6 Å². The number of piperazine rings is 1. The first-order valence-corrected chi connectivity index (χ1v) is 8.43. The van der Waals surface area contributed by atoms with Crippen molar-refractivity contribution >= 4 is 17.6 Å². The highest BCUT2D eigenvalue weighted by Crippen LogP contribution is 2.27. The van der Waals surface area contributed by atoms with Crippen molar-refractivity contribution in [1.29, 1.82) is 0 Å². The fourth-order valence-electron chi connectivity index (χ4n) is 2.81. The van der Waals surface area contributed by atoms with Crippen molar-refractivity contribution in [3.8, 4) is 5.75 Å². The summed E-state index contributed by atoms with van der Waals surface area (Å²) in [6, 6.07) is 7.55. The minimum Gasteiger partial charge on any atom is -0.495 e. The van der Waals surface area contributed by atoms with Crippen LogP contribution in [0.5, 0.6) is 5.75 Å². The number of nitrogens with zero attached hydrogens (tertiary/aromatic N) is 1. The van der Waals surface area contributed by atoms with Gasteiger partial charge in [0.1, 0.15) is 5.75 Å². The highest BCUT2D eigenvalue weighted by molar-refractivity contribution is 5.94. The molecule has 1 aliphatic heterocycles. The van der Waals surface area contributed by atoms with Crippen LogP contribution in [0.2, 0.25) is 0 Å². The lowest BCUT2D eigenvalue weighted by molar-refractivity contribution is -0.892. The molecule has 0 atom stereocenters. The monoisotopic (exact) mass is 335 g/mol. The lowest BCUT2D eigenvalue weighted by Gasteiger charge is -2.33. The van der Waals surface area contributed by atoms with Gasteiger partial charge in [-0.2, -0.15) is 0 Å². The number of quaternary nitrogens is 1. The van der Waals surface area contributed by atoms with Crippen LogP contribution in [0.4, 0.5) is 10.5 Å². The number of benzene rings is 1. The van der Waals surface area contributed by atoms with E-state index in [2.05, 4.69) is 21.6 Å². The second-order valence-corrected chi connectivity index (χ2v) is 5.89. The predicted octanol–water partition coefficient (Wildman–Crippen LogP) is -0.364. The van der Waals surface area contributed by atoms with Crippen molar-refractivity contribution < 1.29 is 19.2 Å². The van der Waals surface area contributed by atoms with Gasteiger partial charge in [0.05, 0.1) is 39.0 Å². The molecule has 1 aromatic carbocycles. The molecule has 0 saturated carbocycles. The number of hydrogen-bond acceptors (Lipinski definition) is 4.